The zero-order chi connectivity index (χ0) is 17.2. The zero-order valence-corrected chi connectivity index (χ0v) is 12.2. The van der Waals surface area contributed by atoms with Crippen molar-refractivity contribution in [2.45, 2.75) is 19.3 Å². The molecule has 124 valence electrons. The summed E-state index contributed by atoms with van der Waals surface area (Å²) in [5, 5.41) is 18.0. The summed E-state index contributed by atoms with van der Waals surface area (Å²) in [7, 11) is 0. The Bertz CT molecular complexity index is 642. The molecule has 1 aliphatic heterocycles. The Balaban J connectivity index is 2.19. The Morgan fingerprint density at radius 3 is 2.65 bits per heavy atom. The van der Waals surface area contributed by atoms with Crippen molar-refractivity contribution in [1.29, 1.82) is 5.26 Å². The number of carboxylic acid groups (broad SMARTS) is 1. The second-order valence-electron chi connectivity index (χ2n) is 5.11. The van der Waals surface area contributed by atoms with Gasteiger partial charge in [0.25, 0.3) is 0 Å². The SMILES string of the molecule is CC1CN(c2ccc(OC(F)(F)F)c(C#N)c2)CCN1C(=O)O. The minimum absolute atomic E-state index is 0.229. The summed E-state index contributed by atoms with van der Waals surface area (Å²) in [5.74, 6) is -0.555. The van der Waals surface area contributed by atoms with Crippen molar-refractivity contribution >= 4 is 11.8 Å². The summed E-state index contributed by atoms with van der Waals surface area (Å²) in [6.45, 7) is 2.80. The van der Waals surface area contributed by atoms with Crippen molar-refractivity contribution in [3.8, 4) is 11.8 Å². The van der Waals surface area contributed by atoms with E-state index in [4.69, 9.17) is 10.4 Å². The van der Waals surface area contributed by atoms with Gasteiger partial charge in [-0.3, -0.25) is 0 Å². The van der Waals surface area contributed by atoms with Crippen LogP contribution in [0.25, 0.3) is 0 Å². The number of anilines is 1. The molecule has 0 spiro atoms. The van der Waals surface area contributed by atoms with Crippen LogP contribution in [0.4, 0.5) is 23.7 Å². The number of carbonyl (C=O) groups is 1. The molecule has 23 heavy (non-hydrogen) atoms. The second-order valence-corrected chi connectivity index (χ2v) is 5.11. The maximum absolute atomic E-state index is 12.3. The van der Waals surface area contributed by atoms with Crippen LogP contribution in [0.1, 0.15) is 12.5 Å². The average molecular weight is 329 g/mol. The minimum Gasteiger partial charge on any atom is -0.465 e. The van der Waals surface area contributed by atoms with Crippen LogP contribution in [0.15, 0.2) is 18.2 Å². The van der Waals surface area contributed by atoms with E-state index in [2.05, 4.69) is 4.74 Å². The van der Waals surface area contributed by atoms with Crippen molar-refractivity contribution in [1.82, 2.24) is 4.90 Å². The topological polar surface area (TPSA) is 76.8 Å². The first kappa shape index (κ1) is 16.7. The van der Waals surface area contributed by atoms with Crippen molar-refractivity contribution in [3.05, 3.63) is 23.8 Å². The molecule has 1 N–H and O–H groups in total. The fourth-order valence-electron chi connectivity index (χ4n) is 2.49. The molecule has 9 heteroatoms. The summed E-state index contributed by atoms with van der Waals surface area (Å²) < 4.78 is 40.6. The predicted octanol–water partition coefficient (Wildman–Crippen LogP) is 2.65. The second kappa shape index (κ2) is 6.24. The molecule has 0 aromatic heterocycles. The molecule has 1 atom stereocenters. The van der Waals surface area contributed by atoms with Crippen molar-refractivity contribution in [2.75, 3.05) is 24.5 Å². The van der Waals surface area contributed by atoms with E-state index in [-0.39, 0.29) is 18.2 Å². The molecule has 1 aliphatic rings. The molecule has 1 fully saturated rings. The molecular weight excluding hydrogens is 315 g/mol. The molecule has 6 nitrogen and oxygen atoms in total. The van der Waals surface area contributed by atoms with Gasteiger partial charge in [0.05, 0.1) is 5.56 Å². The fraction of sp³-hybridized carbons (Fsp3) is 0.429. The van der Waals surface area contributed by atoms with Crippen LogP contribution in [0.5, 0.6) is 5.75 Å². The number of halogens is 3. The summed E-state index contributed by atoms with van der Waals surface area (Å²) in [4.78, 5) is 14.1. The van der Waals surface area contributed by atoms with E-state index in [1.165, 1.54) is 17.0 Å². The third kappa shape index (κ3) is 3.97. The van der Waals surface area contributed by atoms with E-state index in [9.17, 15) is 18.0 Å². The highest BCUT2D eigenvalue weighted by Gasteiger charge is 2.33. The number of nitrogens with zero attached hydrogens (tertiary/aromatic N) is 3. The normalized spacial score (nSPS) is 18.5. The highest BCUT2D eigenvalue weighted by atomic mass is 19.4. The number of benzene rings is 1. The molecule has 1 unspecified atom stereocenters. The average Bonchev–Trinajstić information content (AvgIpc) is 2.45. The number of rotatable bonds is 2. The van der Waals surface area contributed by atoms with Gasteiger partial charge >= 0.3 is 12.5 Å². The van der Waals surface area contributed by atoms with Gasteiger partial charge in [-0.2, -0.15) is 5.26 Å². The van der Waals surface area contributed by atoms with E-state index in [0.29, 0.717) is 18.8 Å². The van der Waals surface area contributed by atoms with Crippen LogP contribution < -0.4 is 9.64 Å². The van der Waals surface area contributed by atoms with Gasteiger partial charge in [0.15, 0.2) is 0 Å². The molecule has 1 aromatic carbocycles. The number of amides is 1. The van der Waals surface area contributed by atoms with Crippen LogP contribution in [0, 0.1) is 11.3 Å². The molecule has 1 aromatic rings. The first-order chi connectivity index (χ1) is 10.7. The van der Waals surface area contributed by atoms with Gasteiger partial charge < -0.3 is 19.6 Å². The third-order valence-electron chi connectivity index (χ3n) is 3.55. The number of ether oxygens (including phenoxy) is 1. The van der Waals surface area contributed by atoms with E-state index in [1.54, 1.807) is 13.0 Å². The number of hydrogen-bond donors (Lipinski definition) is 1. The highest BCUT2D eigenvalue weighted by molar-refractivity contribution is 5.66. The largest absolute Gasteiger partial charge is 0.573 e. The van der Waals surface area contributed by atoms with Gasteiger partial charge in [0.2, 0.25) is 0 Å². The standard InChI is InChI=1S/C14H14F3N3O3/c1-9-8-19(4-5-20(9)13(21)22)11-2-3-12(10(6-11)7-18)23-14(15,16)17/h2-3,6,9H,4-5,8H2,1H3,(H,21,22). The summed E-state index contributed by atoms with van der Waals surface area (Å²) in [6.07, 6.45) is -5.88. The maximum atomic E-state index is 12.3. The van der Waals surface area contributed by atoms with Crippen LogP contribution in [-0.4, -0.2) is 48.1 Å². The van der Waals surface area contributed by atoms with E-state index in [1.807, 2.05) is 4.90 Å². The fourth-order valence-corrected chi connectivity index (χ4v) is 2.49. The minimum atomic E-state index is -4.87. The first-order valence-corrected chi connectivity index (χ1v) is 6.75. The zero-order valence-electron chi connectivity index (χ0n) is 12.2. The lowest BCUT2D eigenvalue weighted by atomic mass is 10.1. The first-order valence-electron chi connectivity index (χ1n) is 6.75. The lowest BCUT2D eigenvalue weighted by Gasteiger charge is -2.39. The highest BCUT2D eigenvalue weighted by Crippen LogP contribution is 2.30. The van der Waals surface area contributed by atoms with Gasteiger partial charge in [-0.15, -0.1) is 13.2 Å². The lowest BCUT2D eigenvalue weighted by molar-refractivity contribution is -0.274. The van der Waals surface area contributed by atoms with Crippen molar-refractivity contribution in [3.63, 3.8) is 0 Å². The van der Waals surface area contributed by atoms with Crippen LogP contribution in [0.2, 0.25) is 0 Å². The third-order valence-corrected chi connectivity index (χ3v) is 3.55. The van der Waals surface area contributed by atoms with Gasteiger partial charge in [-0.1, -0.05) is 0 Å². The number of piperazine rings is 1. The molecule has 1 saturated heterocycles. The molecular formula is C14H14F3N3O3. The van der Waals surface area contributed by atoms with Crippen LogP contribution >= 0.6 is 0 Å². The van der Waals surface area contributed by atoms with Gasteiger partial charge in [0.1, 0.15) is 11.8 Å². The summed E-state index contributed by atoms with van der Waals surface area (Å²) >= 11 is 0. The van der Waals surface area contributed by atoms with Crippen LogP contribution in [-0.2, 0) is 0 Å². The molecule has 1 heterocycles. The Morgan fingerprint density at radius 1 is 1.43 bits per heavy atom. The van der Waals surface area contributed by atoms with Gasteiger partial charge in [-0.25, -0.2) is 4.79 Å². The number of nitriles is 1. The quantitative estimate of drug-likeness (QED) is 0.902. The molecule has 0 radical (unpaired) electrons. The van der Waals surface area contributed by atoms with E-state index >= 15 is 0 Å². The molecule has 0 aliphatic carbocycles. The summed E-state index contributed by atoms with van der Waals surface area (Å²) in [6, 6.07) is 5.24. The Labute approximate surface area is 130 Å². The molecule has 0 saturated carbocycles. The number of alkyl halides is 3. The van der Waals surface area contributed by atoms with Crippen LogP contribution in [0.3, 0.4) is 0 Å². The van der Waals surface area contributed by atoms with Gasteiger partial charge in [-0.05, 0) is 25.1 Å². The van der Waals surface area contributed by atoms with E-state index < -0.39 is 18.2 Å². The summed E-state index contributed by atoms with van der Waals surface area (Å²) in [5.41, 5.74) is 0.320. The van der Waals surface area contributed by atoms with Crippen molar-refractivity contribution in [2.24, 2.45) is 0 Å². The maximum Gasteiger partial charge on any atom is 0.573 e. The Kier molecular flexibility index (Phi) is 4.54. The van der Waals surface area contributed by atoms with Gasteiger partial charge in [0, 0.05) is 31.4 Å². The Morgan fingerprint density at radius 2 is 2.13 bits per heavy atom. The smallest absolute Gasteiger partial charge is 0.465 e. The predicted molar refractivity (Wildman–Crippen MR) is 74.2 cm³/mol. The molecule has 0 bridgehead atoms. The van der Waals surface area contributed by atoms with Crippen molar-refractivity contribution < 1.29 is 27.8 Å². The monoisotopic (exact) mass is 329 g/mol. The molecule has 2 rings (SSSR count). The number of hydrogen-bond acceptors (Lipinski definition) is 4. The van der Waals surface area contributed by atoms with E-state index in [0.717, 1.165) is 6.07 Å². The Hall–Kier alpha value is -2.63. The lowest BCUT2D eigenvalue weighted by Crippen LogP contribution is -2.53. The molecule has 1 amide bonds.